The van der Waals surface area contributed by atoms with Crippen LogP contribution in [0.15, 0.2) is 48.8 Å². The van der Waals surface area contributed by atoms with E-state index in [-0.39, 0.29) is 11.7 Å². The van der Waals surface area contributed by atoms with Gasteiger partial charge in [0.15, 0.2) is 0 Å². The summed E-state index contributed by atoms with van der Waals surface area (Å²) in [6.45, 7) is 2.34. The fraction of sp³-hybridized carbons (Fsp3) is 0.267. The quantitative estimate of drug-likeness (QED) is 0.629. The normalized spacial score (nSPS) is 13.6. The van der Waals surface area contributed by atoms with Gasteiger partial charge < -0.3 is 10.4 Å². The Kier molecular flexibility index (Phi) is 4.97. The summed E-state index contributed by atoms with van der Waals surface area (Å²) in [6, 6.07) is 9.81. The average molecular weight is 287 g/mol. The first-order chi connectivity index (χ1) is 10.1. The third-order valence-electron chi connectivity index (χ3n) is 3.29. The van der Waals surface area contributed by atoms with Crippen molar-refractivity contribution in [2.24, 2.45) is 0 Å². The molecule has 1 heterocycles. The zero-order valence-electron chi connectivity index (χ0n) is 11.6. The maximum atomic E-state index is 10.6. The molecule has 2 atom stereocenters. The van der Waals surface area contributed by atoms with E-state index < -0.39 is 11.0 Å². The summed E-state index contributed by atoms with van der Waals surface area (Å²) >= 11 is 0. The number of non-ortho nitro benzene ring substituents is 1. The molecular formula is C15H17N3O3. The lowest BCUT2D eigenvalue weighted by molar-refractivity contribution is -0.384. The van der Waals surface area contributed by atoms with Gasteiger partial charge in [0.05, 0.1) is 11.0 Å². The van der Waals surface area contributed by atoms with Crippen molar-refractivity contribution in [2.45, 2.75) is 19.1 Å². The number of hydrogen-bond donors (Lipinski definition) is 2. The topological polar surface area (TPSA) is 88.3 Å². The zero-order chi connectivity index (χ0) is 15.2. The highest BCUT2D eigenvalue weighted by atomic mass is 16.6. The number of nitro benzene ring substituents is 1. The third kappa shape index (κ3) is 4.08. The molecule has 2 N–H and O–H groups in total. The number of nitro groups is 1. The highest BCUT2D eigenvalue weighted by Gasteiger charge is 2.12. The van der Waals surface area contributed by atoms with Gasteiger partial charge in [0, 0.05) is 37.1 Å². The van der Waals surface area contributed by atoms with E-state index in [0.717, 1.165) is 5.56 Å². The molecule has 0 radical (unpaired) electrons. The van der Waals surface area contributed by atoms with E-state index in [1.807, 2.05) is 19.1 Å². The lowest BCUT2D eigenvalue weighted by Crippen LogP contribution is -2.24. The minimum absolute atomic E-state index is 0.0163. The number of aliphatic hydroxyl groups is 1. The smallest absolute Gasteiger partial charge is 0.269 e. The van der Waals surface area contributed by atoms with Crippen molar-refractivity contribution in [2.75, 3.05) is 6.54 Å². The third-order valence-corrected chi connectivity index (χ3v) is 3.29. The Morgan fingerprint density at radius 2 is 2.00 bits per heavy atom. The van der Waals surface area contributed by atoms with Crippen LogP contribution in [0, 0.1) is 10.1 Å². The van der Waals surface area contributed by atoms with Crippen molar-refractivity contribution in [3.63, 3.8) is 0 Å². The molecule has 1 aromatic carbocycles. The van der Waals surface area contributed by atoms with E-state index in [1.165, 1.54) is 12.1 Å². The largest absolute Gasteiger partial charge is 0.387 e. The summed E-state index contributed by atoms with van der Waals surface area (Å²) in [6.07, 6.45) is 2.77. The molecule has 110 valence electrons. The summed E-state index contributed by atoms with van der Waals surface area (Å²) < 4.78 is 0. The number of pyridine rings is 1. The predicted octanol–water partition coefficient (Wildman–Crippen LogP) is 2.37. The molecule has 2 aromatic rings. The highest BCUT2D eigenvalue weighted by molar-refractivity contribution is 5.33. The van der Waals surface area contributed by atoms with E-state index in [2.05, 4.69) is 10.3 Å². The van der Waals surface area contributed by atoms with Crippen LogP contribution in [0.4, 0.5) is 5.69 Å². The standard InChI is InChI=1S/C15H17N3O3/c1-11(13-3-2-8-16-9-13)17-10-15(19)12-4-6-14(7-5-12)18(20)21/h2-9,11,15,17,19H,10H2,1H3/t11-,15?/m0/s1. The van der Waals surface area contributed by atoms with Gasteiger partial charge in [-0.25, -0.2) is 0 Å². The zero-order valence-corrected chi connectivity index (χ0v) is 11.6. The van der Waals surface area contributed by atoms with Crippen LogP contribution in [0.1, 0.15) is 30.2 Å². The second-order valence-corrected chi connectivity index (χ2v) is 4.78. The summed E-state index contributed by atoms with van der Waals surface area (Å²) in [5.74, 6) is 0. The Balaban J connectivity index is 1.92. The van der Waals surface area contributed by atoms with Crippen LogP contribution in [-0.4, -0.2) is 21.6 Å². The van der Waals surface area contributed by atoms with Gasteiger partial charge in [0.2, 0.25) is 0 Å². The molecule has 0 aliphatic rings. The van der Waals surface area contributed by atoms with Crippen molar-refractivity contribution in [3.05, 3.63) is 70.0 Å². The lowest BCUT2D eigenvalue weighted by Gasteiger charge is -2.17. The molecule has 0 amide bonds. The van der Waals surface area contributed by atoms with E-state index in [9.17, 15) is 15.2 Å². The summed E-state index contributed by atoms with van der Waals surface area (Å²) in [7, 11) is 0. The molecule has 1 aromatic heterocycles. The maximum absolute atomic E-state index is 10.6. The second kappa shape index (κ2) is 6.92. The fourth-order valence-electron chi connectivity index (χ4n) is 1.97. The molecule has 0 aliphatic heterocycles. The number of benzene rings is 1. The fourth-order valence-corrected chi connectivity index (χ4v) is 1.97. The Hall–Kier alpha value is -2.31. The second-order valence-electron chi connectivity index (χ2n) is 4.78. The number of nitrogens with one attached hydrogen (secondary N) is 1. The minimum atomic E-state index is -0.718. The Morgan fingerprint density at radius 1 is 1.29 bits per heavy atom. The average Bonchev–Trinajstić information content (AvgIpc) is 2.53. The van der Waals surface area contributed by atoms with Gasteiger partial charge in [-0.15, -0.1) is 0 Å². The molecule has 0 fully saturated rings. The van der Waals surface area contributed by atoms with Crippen LogP contribution in [0.2, 0.25) is 0 Å². The molecule has 6 nitrogen and oxygen atoms in total. The van der Waals surface area contributed by atoms with E-state index in [0.29, 0.717) is 12.1 Å². The van der Waals surface area contributed by atoms with E-state index in [1.54, 1.807) is 24.5 Å². The van der Waals surface area contributed by atoms with Gasteiger partial charge in [-0.2, -0.15) is 0 Å². The number of nitrogens with zero attached hydrogens (tertiary/aromatic N) is 2. The van der Waals surface area contributed by atoms with Crippen molar-refractivity contribution in [3.8, 4) is 0 Å². The molecule has 1 unspecified atom stereocenters. The molecule has 0 saturated carbocycles. The van der Waals surface area contributed by atoms with Crippen LogP contribution >= 0.6 is 0 Å². The van der Waals surface area contributed by atoms with Gasteiger partial charge in [0.25, 0.3) is 5.69 Å². The van der Waals surface area contributed by atoms with Crippen LogP contribution in [0.3, 0.4) is 0 Å². The predicted molar refractivity (Wildman–Crippen MR) is 78.7 cm³/mol. The molecule has 6 heteroatoms. The molecule has 2 rings (SSSR count). The number of aromatic nitrogens is 1. The van der Waals surface area contributed by atoms with Crippen molar-refractivity contribution in [1.29, 1.82) is 0 Å². The van der Waals surface area contributed by atoms with Crippen LogP contribution < -0.4 is 5.32 Å². The molecule has 0 aliphatic carbocycles. The molecule has 0 bridgehead atoms. The van der Waals surface area contributed by atoms with Gasteiger partial charge in [-0.05, 0) is 36.2 Å². The van der Waals surface area contributed by atoms with Gasteiger partial charge in [-0.3, -0.25) is 15.1 Å². The molecule has 0 spiro atoms. The van der Waals surface area contributed by atoms with Crippen LogP contribution in [0.25, 0.3) is 0 Å². The molecule has 0 saturated heterocycles. The maximum Gasteiger partial charge on any atom is 0.269 e. The first-order valence-electron chi connectivity index (χ1n) is 6.63. The lowest BCUT2D eigenvalue weighted by atomic mass is 10.1. The van der Waals surface area contributed by atoms with Gasteiger partial charge in [0.1, 0.15) is 0 Å². The van der Waals surface area contributed by atoms with Crippen molar-refractivity contribution >= 4 is 5.69 Å². The number of rotatable bonds is 6. The number of aliphatic hydroxyl groups excluding tert-OH is 1. The van der Waals surface area contributed by atoms with E-state index >= 15 is 0 Å². The Bertz CT molecular complexity index is 587. The summed E-state index contributed by atoms with van der Waals surface area (Å²) in [5, 5.41) is 23.9. The number of hydrogen-bond acceptors (Lipinski definition) is 5. The van der Waals surface area contributed by atoms with Crippen LogP contribution in [-0.2, 0) is 0 Å². The summed E-state index contributed by atoms with van der Waals surface area (Å²) in [5.41, 5.74) is 1.70. The molecule has 21 heavy (non-hydrogen) atoms. The Labute approximate surface area is 122 Å². The van der Waals surface area contributed by atoms with Crippen molar-refractivity contribution < 1.29 is 10.0 Å². The Morgan fingerprint density at radius 3 is 2.57 bits per heavy atom. The SMILES string of the molecule is C[C@H](NCC(O)c1ccc([N+](=O)[O-])cc1)c1cccnc1. The van der Waals surface area contributed by atoms with Gasteiger partial charge >= 0.3 is 0 Å². The highest BCUT2D eigenvalue weighted by Crippen LogP contribution is 2.18. The molecular weight excluding hydrogens is 270 g/mol. The monoisotopic (exact) mass is 287 g/mol. The first-order valence-corrected chi connectivity index (χ1v) is 6.63. The summed E-state index contributed by atoms with van der Waals surface area (Å²) in [4.78, 5) is 14.2. The van der Waals surface area contributed by atoms with Crippen molar-refractivity contribution in [1.82, 2.24) is 10.3 Å². The van der Waals surface area contributed by atoms with Gasteiger partial charge in [-0.1, -0.05) is 6.07 Å². The van der Waals surface area contributed by atoms with E-state index in [4.69, 9.17) is 0 Å². The minimum Gasteiger partial charge on any atom is -0.387 e. The van der Waals surface area contributed by atoms with Crippen LogP contribution in [0.5, 0.6) is 0 Å². The first kappa shape index (κ1) is 15.1.